The molecule has 0 bridgehead atoms. The summed E-state index contributed by atoms with van der Waals surface area (Å²) in [6.45, 7) is 4.04. The number of rotatable bonds is 9. The first-order chi connectivity index (χ1) is 19.0. The van der Waals surface area contributed by atoms with E-state index in [9.17, 15) is 4.79 Å². The van der Waals surface area contributed by atoms with Crippen LogP contribution in [0, 0.1) is 13.8 Å². The first kappa shape index (κ1) is 26.7. The third-order valence-electron chi connectivity index (χ3n) is 6.49. The normalized spacial score (nSPS) is 11.8. The van der Waals surface area contributed by atoms with E-state index >= 15 is 0 Å². The van der Waals surface area contributed by atoms with Gasteiger partial charge in [0, 0.05) is 16.3 Å². The van der Waals surface area contributed by atoms with E-state index in [2.05, 4.69) is 39.8 Å². The van der Waals surface area contributed by atoms with Gasteiger partial charge in [-0.3, -0.25) is 9.36 Å². The molecular formula is C32H29ClN4OS. The predicted molar refractivity (Wildman–Crippen MR) is 159 cm³/mol. The van der Waals surface area contributed by atoms with E-state index in [0.29, 0.717) is 22.8 Å². The summed E-state index contributed by atoms with van der Waals surface area (Å²) in [5.74, 6) is 1.23. The van der Waals surface area contributed by atoms with Crippen molar-refractivity contribution in [3.05, 3.63) is 142 Å². The highest BCUT2D eigenvalue weighted by Gasteiger charge is 2.26. The Hall–Kier alpha value is -3.87. The van der Waals surface area contributed by atoms with E-state index in [1.54, 1.807) is 11.8 Å². The van der Waals surface area contributed by atoms with Gasteiger partial charge >= 0.3 is 0 Å². The van der Waals surface area contributed by atoms with Gasteiger partial charge in [-0.25, -0.2) is 0 Å². The maximum atomic E-state index is 13.4. The number of hydrogen-bond donors (Lipinski definition) is 1. The minimum Gasteiger partial charge on any atom is -0.342 e. The Morgan fingerprint density at radius 2 is 1.54 bits per heavy atom. The van der Waals surface area contributed by atoms with Crippen molar-refractivity contribution >= 4 is 29.3 Å². The molecule has 0 saturated carbocycles. The first-order valence-corrected chi connectivity index (χ1v) is 14.1. The van der Waals surface area contributed by atoms with Crippen molar-refractivity contribution < 1.29 is 4.79 Å². The van der Waals surface area contributed by atoms with Crippen molar-refractivity contribution in [2.75, 3.05) is 0 Å². The van der Waals surface area contributed by atoms with Crippen molar-refractivity contribution in [1.29, 1.82) is 0 Å². The number of halogens is 1. The van der Waals surface area contributed by atoms with Crippen LogP contribution >= 0.6 is 23.4 Å². The molecule has 5 aromatic rings. The van der Waals surface area contributed by atoms with Crippen LogP contribution in [0.2, 0.25) is 5.02 Å². The minimum absolute atomic E-state index is 0.160. The lowest BCUT2D eigenvalue weighted by Gasteiger charge is -2.21. The van der Waals surface area contributed by atoms with Crippen LogP contribution in [0.15, 0.2) is 108 Å². The Bertz CT molecular complexity index is 1550. The van der Waals surface area contributed by atoms with Crippen LogP contribution in [0.3, 0.4) is 0 Å². The van der Waals surface area contributed by atoms with Crippen molar-refractivity contribution in [2.45, 2.75) is 37.2 Å². The highest BCUT2D eigenvalue weighted by atomic mass is 35.5. The Kier molecular flexibility index (Phi) is 8.45. The molecule has 39 heavy (non-hydrogen) atoms. The fourth-order valence-electron chi connectivity index (χ4n) is 4.38. The maximum absolute atomic E-state index is 13.4. The molecule has 1 heterocycles. The zero-order valence-corrected chi connectivity index (χ0v) is 23.4. The summed E-state index contributed by atoms with van der Waals surface area (Å²) in [6.07, 6.45) is 0.555. The number of aromatic nitrogens is 3. The van der Waals surface area contributed by atoms with Gasteiger partial charge < -0.3 is 5.32 Å². The highest BCUT2D eigenvalue weighted by molar-refractivity contribution is 7.98. The van der Waals surface area contributed by atoms with Crippen LogP contribution in [0.4, 0.5) is 0 Å². The van der Waals surface area contributed by atoms with Crippen LogP contribution < -0.4 is 5.32 Å². The number of carbonyl (C=O) groups is 1. The summed E-state index contributed by atoms with van der Waals surface area (Å²) < 4.78 is 2.04. The standard InChI is InChI=1S/C32H29ClN4OS/c1-22-13-16-26(17-14-22)31(38)34-28(19-24-9-5-3-6-10-24)30-35-36-32(39-21-25-11-7-4-8-12-25)37(30)29-20-27(33)18-15-23(29)2/h3-18,20,28H,19,21H2,1-2H3,(H,34,38). The zero-order chi connectivity index (χ0) is 27.2. The number of carbonyl (C=O) groups excluding carboxylic acids is 1. The Morgan fingerprint density at radius 3 is 2.23 bits per heavy atom. The molecule has 0 saturated heterocycles. The fourth-order valence-corrected chi connectivity index (χ4v) is 5.45. The van der Waals surface area contributed by atoms with Gasteiger partial charge in [-0.05, 0) is 61.2 Å². The summed E-state index contributed by atoms with van der Waals surface area (Å²) in [4.78, 5) is 13.4. The highest BCUT2D eigenvalue weighted by Crippen LogP contribution is 2.31. The van der Waals surface area contributed by atoms with Gasteiger partial charge in [0.05, 0.1) is 11.7 Å². The van der Waals surface area contributed by atoms with Crippen molar-refractivity contribution in [2.24, 2.45) is 0 Å². The third-order valence-corrected chi connectivity index (χ3v) is 7.73. The average Bonchev–Trinajstić information content (AvgIpc) is 3.38. The number of nitrogens with zero attached hydrogens (tertiary/aromatic N) is 3. The number of hydrogen-bond acceptors (Lipinski definition) is 4. The molecule has 4 aromatic carbocycles. The lowest BCUT2D eigenvalue weighted by molar-refractivity contribution is 0.0934. The molecule has 0 fully saturated rings. The van der Waals surface area contributed by atoms with Gasteiger partial charge in [0.2, 0.25) is 0 Å². The molecule has 1 unspecified atom stereocenters. The van der Waals surface area contributed by atoms with Crippen LogP contribution in [0.1, 0.15) is 44.5 Å². The number of benzene rings is 4. The molecule has 0 aliphatic heterocycles. The molecule has 0 aliphatic carbocycles. The largest absolute Gasteiger partial charge is 0.342 e. The maximum Gasteiger partial charge on any atom is 0.251 e. The van der Waals surface area contributed by atoms with Crippen molar-refractivity contribution in [1.82, 2.24) is 20.1 Å². The summed E-state index contributed by atoms with van der Waals surface area (Å²) in [5.41, 5.74) is 5.90. The molecule has 1 atom stereocenters. The Balaban J connectivity index is 1.57. The van der Waals surface area contributed by atoms with E-state index in [1.807, 2.05) is 97.3 Å². The molecule has 7 heteroatoms. The van der Waals surface area contributed by atoms with Gasteiger partial charge in [-0.1, -0.05) is 108 Å². The Morgan fingerprint density at radius 1 is 0.872 bits per heavy atom. The second-order valence-electron chi connectivity index (χ2n) is 9.46. The first-order valence-electron chi connectivity index (χ1n) is 12.8. The van der Waals surface area contributed by atoms with Gasteiger partial charge in [0.15, 0.2) is 11.0 Å². The molecule has 5 rings (SSSR count). The molecular weight excluding hydrogens is 524 g/mol. The summed E-state index contributed by atoms with van der Waals surface area (Å²) in [7, 11) is 0. The smallest absolute Gasteiger partial charge is 0.251 e. The monoisotopic (exact) mass is 552 g/mol. The Labute approximate surface area is 238 Å². The van der Waals surface area contributed by atoms with Gasteiger partial charge in [0.1, 0.15) is 0 Å². The second kappa shape index (κ2) is 12.3. The predicted octanol–water partition coefficient (Wildman–Crippen LogP) is 7.54. The van der Waals surface area contributed by atoms with Gasteiger partial charge in [-0.2, -0.15) is 0 Å². The van der Waals surface area contributed by atoms with E-state index in [1.165, 1.54) is 5.56 Å². The SMILES string of the molecule is Cc1ccc(C(=O)NC(Cc2ccccc2)c2nnc(SCc3ccccc3)n2-c2cc(Cl)ccc2C)cc1. The number of amides is 1. The van der Waals surface area contributed by atoms with E-state index in [0.717, 1.165) is 33.3 Å². The number of aryl methyl sites for hydroxylation is 2. The van der Waals surface area contributed by atoms with Crippen LogP contribution in [-0.2, 0) is 12.2 Å². The van der Waals surface area contributed by atoms with Crippen molar-refractivity contribution in [3.63, 3.8) is 0 Å². The minimum atomic E-state index is -0.432. The van der Waals surface area contributed by atoms with Gasteiger partial charge in [0.25, 0.3) is 5.91 Å². The quantitative estimate of drug-likeness (QED) is 0.192. The summed E-state index contributed by atoms with van der Waals surface area (Å²) >= 11 is 8.07. The van der Waals surface area contributed by atoms with Crippen LogP contribution in [0.25, 0.3) is 5.69 Å². The van der Waals surface area contributed by atoms with Crippen LogP contribution in [-0.4, -0.2) is 20.7 Å². The van der Waals surface area contributed by atoms with Crippen molar-refractivity contribution in [3.8, 4) is 5.69 Å². The second-order valence-corrected chi connectivity index (χ2v) is 10.8. The molecule has 0 spiro atoms. The number of thioether (sulfide) groups is 1. The zero-order valence-electron chi connectivity index (χ0n) is 21.8. The molecule has 1 aromatic heterocycles. The van der Waals surface area contributed by atoms with Crippen LogP contribution in [0.5, 0.6) is 0 Å². The molecule has 5 nitrogen and oxygen atoms in total. The molecule has 1 N–H and O–H groups in total. The van der Waals surface area contributed by atoms with E-state index in [4.69, 9.17) is 11.6 Å². The third kappa shape index (κ3) is 6.59. The molecule has 196 valence electrons. The molecule has 0 radical (unpaired) electrons. The van der Waals surface area contributed by atoms with Gasteiger partial charge in [-0.15, -0.1) is 10.2 Å². The lowest BCUT2D eigenvalue weighted by Crippen LogP contribution is -2.32. The molecule has 1 amide bonds. The average molecular weight is 553 g/mol. The van der Waals surface area contributed by atoms with E-state index < -0.39 is 6.04 Å². The topological polar surface area (TPSA) is 59.8 Å². The number of nitrogens with one attached hydrogen (secondary N) is 1. The summed E-state index contributed by atoms with van der Waals surface area (Å²) in [6, 6.07) is 33.3. The van der Waals surface area contributed by atoms with E-state index in [-0.39, 0.29) is 5.91 Å². The summed E-state index contributed by atoms with van der Waals surface area (Å²) in [5, 5.41) is 13.9. The lowest BCUT2D eigenvalue weighted by atomic mass is 10.0. The fraction of sp³-hybridized carbons (Fsp3) is 0.156. The molecule has 0 aliphatic rings.